The van der Waals surface area contributed by atoms with Gasteiger partial charge in [-0.15, -0.1) is 0 Å². The molecule has 38 heavy (non-hydrogen) atoms. The molecular formula is C31H24F6O. The van der Waals surface area contributed by atoms with E-state index in [1.165, 1.54) is 11.1 Å². The summed E-state index contributed by atoms with van der Waals surface area (Å²) in [5.74, 6) is -5.59. The van der Waals surface area contributed by atoms with Crippen molar-refractivity contribution in [2.75, 3.05) is 0 Å². The molecule has 5 rings (SSSR count). The molecule has 0 radical (unpaired) electrons. The fourth-order valence-corrected chi connectivity index (χ4v) is 4.93. The van der Waals surface area contributed by atoms with E-state index < -0.39 is 46.3 Å². The predicted octanol–water partition coefficient (Wildman–Crippen LogP) is 9.14. The highest BCUT2D eigenvalue weighted by atomic mass is 19.3. The number of halogens is 6. The maximum atomic E-state index is 14.8. The molecule has 7 heteroatoms. The quantitative estimate of drug-likeness (QED) is 0.228. The highest BCUT2D eigenvalue weighted by Crippen LogP contribution is 2.38. The van der Waals surface area contributed by atoms with E-state index in [9.17, 15) is 26.3 Å². The predicted molar refractivity (Wildman–Crippen MR) is 134 cm³/mol. The molecule has 0 saturated heterocycles. The Morgan fingerprint density at radius 3 is 1.79 bits per heavy atom. The first-order valence-corrected chi connectivity index (χ1v) is 12.3. The monoisotopic (exact) mass is 526 g/mol. The summed E-state index contributed by atoms with van der Waals surface area (Å²) in [4.78, 5) is 0. The van der Waals surface area contributed by atoms with E-state index in [4.69, 9.17) is 0 Å². The van der Waals surface area contributed by atoms with Crippen LogP contribution in [0.3, 0.4) is 0 Å². The van der Waals surface area contributed by atoms with E-state index in [0.717, 1.165) is 49.4 Å². The summed E-state index contributed by atoms with van der Waals surface area (Å²) in [6, 6.07) is 15.9. The average molecular weight is 527 g/mol. The van der Waals surface area contributed by atoms with E-state index in [0.29, 0.717) is 23.6 Å². The van der Waals surface area contributed by atoms with Crippen molar-refractivity contribution in [1.29, 1.82) is 0 Å². The molecule has 1 aliphatic rings. The van der Waals surface area contributed by atoms with Crippen LogP contribution in [0, 0.1) is 36.1 Å². The first kappa shape index (κ1) is 25.9. The van der Waals surface area contributed by atoms with Gasteiger partial charge in [0.15, 0.2) is 0 Å². The molecule has 1 aliphatic carbocycles. The Balaban J connectivity index is 1.39. The third-order valence-electron chi connectivity index (χ3n) is 7.19. The van der Waals surface area contributed by atoms with Gasteiger partial charge in [-0.1, -0.05) is 55.8 Å². The third kappa shape index (κ3) is 4.89. The standard InChI is InChI=1S/C31H24F6O/c1-3-18-10-21-8-9-22(12-23(21)11-18)19-4-6-20(7-5-19)24-13-28(34)30(29(35)14-24)31(36,37)38-25-15-26(32)17(2)27(33)16-25/h4-9,12-16,18H,3,10-11H2,1-2H3. The van der Waals surface area contributed by atoms with Crippen LogP contribution in [0.1, 0.15) is 35.6 Å². The highest BCUT2D eigenvalue weighted by Gasteiger charge is 2.41. The normalized spacial score (nSPS) is 15.0. The van der Waals surface area contributed by atoms with Crippen LogP contribution in [0.15, 0.2) is 66.7 Å². The first-order valence-electron chi connectivity index (χ1n) is 12.3. The fraction of sp³-hybridized carbons (Fsp3) is 0.226. The number of rotatable bonds is 6. The molecule has 1 atom stereocenters. The largest absolute Gasteiger partial charge is 0.432 e. The van der Waals surface area contributed by atoms with Crippen molar-refractivity contribution in [2.24, 2.45) is 5.92 Å². The highest BCUT2D eigenvalue weighted by molar-refractivity contribution is 5.71. The second kappa shape index (κ2) is 9.86. The number of hydrogen-bond acceptors (Lipinski definition) is 1. The molecule has 4 aromatic rings. The lowest BCUT2D eigenvalue weighted by Gasteiger charge is -2.20. The zero-order valence-electron chi connectivity index (χ0n) is 20.7. The minimum atomic E-state index is -4.52. The van der Waals surface area contributed by atoms with E-state index in [1.54, 1.807) is 12.1 Å². The van der Waals surface area contributed by atoms with Crippen molar-refractivity contribution in [1.82, 2.24) is 0 Å². The van der Waals surface area contributed by atoms with Crippen LogP contribution >= 0.6 is 0 Å². The summed E-state index contributed by atoms with van der Waals surface area (Å²) >= 11 is 0. The van der Waals surface area contributed by atoms with Crippen molar-refractivity contribution in [2.45, 2.75) is 39.2 Å². The third-order valence-corrected chi connectivity index (χ3v) is 7.19. The fourth-order valence-electron chi connectivity index (χ4n) is 4.93. The topological polar surface area (TPSA) is 9.23 Å². The molecular weight excluding hydrogens is 502 g/mol. The van der Waals surface area contributed by atoms with Crippen molar-refractivity contribution >= 4 is 0 Å². The molecule has 0 bridgehead atoms. The van der Waals surface area contributed by atoms with Gasteiger partial charge in [-0.2, -0.15) is 8.78 Å². The van der Waals surface area contributed by atoms with Crippen LogP contribution in [0.5, 0.6) is 5.75 Å². The van der Waals surface area contributed by atoms with E-state index >= 15 is 0 Å². The number of hydrogen-bond donors (Lipinski definition) is 0. The summed E-state index contributed by atoms with van der Waals surface area (Å²) in [5, 5.41) is 0. The van der Waals surface area contributed by atoms with Crippen molar-refractivity contribution in [3.8, 4) is 28.0 Å². The molecule has 0 N–H and O–H groups in total. The van der Waals surface area contributed by atoms with E-state index in [1.807, 2.05) is 18.2 Å². The Morgan fingerprint density at radius 1 is 0.684 bits per heavy atom. The van der Waals surface area contributed by atoms with E-state index in [-0.39, 0.29) is 5.56 Å². The molecule has 1 nitrogen and oxygen atoms in total. The second-order valence-electron chi connectivity index (χ2n) is 9.69. The Hall–Kier alpha value is -3.74. The molecule has 0 amide bonds. The maximum Gasteiger partial charge on any atom is 0.432 e. The first-order chi connectivity index (χ1) is 18.1. The smallest absolute Gasteiger partial charge is 0.429 e. The molecule has 1 unspecified atom stereocenters. The molecule has 0 aliphatic heterocycles. The Labute approximate surface area is 216 Å². The summed E-state index contributed by atoms with van der Waals surface area (Å²) in [7, 11) is 0. The van der Waals surface area contributed by atoms with Crippen LogP contribution in [0.2, 0.25) is 0 Å². The zero-order valence-corrected chi connectivity index (χ0v) is 20.7. The molecule has 0 spiro atoms. The van der Waals surface area contributed by atoms with Gasteiger partial charge in [0.2, 0.25) is 0 Å². The Morgan fingerprint density at radius 2 is 1.21 bits per heavy atom. The lowest BCUT2D eigenvalue weighted by Crippen LogP contribution is -2.25. The van der Waals surface area contributed by atoms with Crippen LogP contribution in [-0.4, -0.2) is 0 Å². The lowest BCUT2D eigenvalue weighted by molar-refractivity contribution is -0.189. The van der Waals surface area contributed by atoms with Crippen LogP contribution < -0.4 is 4.74 Å². The van der Waals surface area contributed by atoms with Crippen molar-refractivity contribution in [3.63, 3.8) is 0 Å². The van der Waals surface area contributed by atoms with Gasteiger partial charge in [0.25, 0.3) is 0 Å². The maximum absolute atomic E-state index is 14.8. The molecule has 0 saturated carbocycles. The average Bonchev–Trinajstić information content (AvgIpc) is 3.29. The minimum Gasteiger partial charge on any atom is -0.429 e. The van der Waals surface area contributed by atoms with Gasteiger partial charge in [-0.05, 0) is 71.2 Å². The number of ether oxygens (including phenoxy) is 1. The van der Waals surface area contributed by atoms with Gasteiger partial charge in [0.05, 0.1) is 0 Å². The Kier molecular flexibility index (Phi) is 6.72. The van der Waals surface area contributed by atoms with Crippen LogP contribution in [-0.2, 0) is 19.0 Å². The summed E-state index contributed by atoms with van der Waals surface area (Å²) in [5.41, 5.74) is 3.08. The second-order valence-corrected chi connectivity index (χ2v) is 9.69. The van der Waals surface area contributed by atoms with Gasteiger partial charge in [0.1, 0.15) is 34.6 Å². The number of alkyl halides is 2. The summed E-state index contributed by atoms with van der Waals surface area (Å²) in [6.45, 7) is 3.30. The lowest BCUT2D eigenvalue weighted by atomic mass is 9.97. The van der Waals surface area contributed by atoms with Crippen molar-refractivity contribution < 1.29 is 31.1 Å². The van der Waals surface area contributed by atoms with Crippen LogP contribution in [0.25, 0.3) is 22.3 Å². The number of fused-ring (bicyclic) bond motifs is 1. The minimum absolute atomic E-state index is 0.0539. The summed E-state index contributed by atoms with van der Waals surface area (Å²) < 4.78 is 90.8. The van der Waals surface area contributed by atoms with Crippen molar-refractivity contribution in [3.05, 3.63) is 112 Å². The van der Waals surface area contributed by atoms with Gasteiger partial charge >= 0.3 is 6.11 Å². The molecule has 0 aromatic heterocycles. The molecule has 0 heterocycles. The Bertz CT molecular complexity index is 1460. The van der Waals surface area contributed by atoms with Gasteiger partial charge in [-0.25, -0.2) is 17.6 Å². The van der Waals surface area contributed by atoms with Crippen LogP contribution in [0.4, 0.5) is 26.3 Å². The molecule has 4 aromatic carbocycles. The number of benzene rings is 4. The zero-order chi connectivity index (χ0) is 27.2. The molecule has 196 valence electrons. The van der Waals surface area contributed by atoms with Gasteiger partial charge in [0, 0.05) is 17.7 Å². The van der Waals surface area contributed by atoms with Gasteiger partial charge < -0.3 is 4.74 Å². The molecule has 0 fully saturated rings. The van der Waals surface area contributed by atoms with Gasteiger partial charge in [-0.3, -0.25) is 0 Å². The SMILES string of the molecule is CCC1Cc2ccc(-c3ccc(-c4cc(F)c(C(F)(F)Oc5cc(F)c(C)c(F)c5)c(F)c4)cc3)cc2C1. The van der Waals surface area contributed by atoms with E-state index in [2.05, 4.69) is 23.8 Å². The summed E-state index contributed by atoms with van der Waals surface area (Å²) in [6.07, 6.45) is -1.26.